The van der Waals surface area contributed by atoms with Crippen LogP contribution in [0.4, 0.5) is 5.69 Å². The molecule has 2 aromatic rings. The number of hydrogen-bond acceptors (Lipinski definition) is 2. The van der Waals surface area contributed by atoms with Crippen LogP contribution in [0.5, 0.6) is 0 Å². The highest BCUT2D eigenvalue weighted by Gasteiger charge is 2.17. The zero-order chi connectivity index (χ0) is 13.9. The molecule has 1 heterocycles. The second kappa shape index (κ2) is 5.33. The fraction of sp³-hybridized carbons (Fsp3) is 0.167. The van der Waals surface area contributed by atoms with E-state index in [0.29, 0.717) is 0 Å². The Morgan fingerprint density at radius 2 is 1.90 bits per heavy atom. The van der Waals surface area contributed by atoms with Gasteiger partial charge < -0.3 is 4.90 Å². The SMILES string of the molecule is CC(=O)c1cccc2c1C=CCN2Cc1ccccc1. The standard InChI is InChI=1S/C18H17NO/c1-14(20)16-9-5-11-18-17(16)10-6-12-19(18)13-15-7-3-2-4-8-15/h2-11H,12-13H2,1H3. The lowest BCUT2D eigenvalue weighted by Crippen LogP contribution is -2.26. The summed E-state index contributed by atoms with van der Waals surface area (Å²) in [5, 5.41) is 0. The molecule has 0 amide bonds. The average molecular weight is 263 g/mol. The van der Waals surface area contributed by atoms with Gasteiger partial charge in [-0.2, -0.15) is 0 Å². The summed E-state index contributed by atoms with van der Waals surface area (Å²) >= 11 is 0. The fourth-order valence-electron chi connectivity index (χ4n) is 2.66. The molecule has 2 nitrogen and oxygen atoms in total. The maximum absolute atomic E-state index is 11.7. The third kappa shape index (κ3) is 2.37. The first kappa shape index (κ1) is 12.7. The van der Waals surface area contributed by atoms with Crippen molar-refractivity contribution in [3.05, 3.63) is 71.3 Å². The molecule has 0 saturated heterocycles. The molecule has 0 spiro atoms. The molecule has 0 aromatic heterocycles. The van der Waals surface area contributed by atoms with E-state index in [1.807, 2.05) is 18.2 Å². The summed E-state index contributed by atoms with van der Waals surface area (Å²) in [6.45, 7) is 3.36. The van der Waals surface area contributed by atoms with Crippen molar-refractivity contribution in [2.75, 3.05) is 11.4 Å². The Morgan fingerprint density at radius 3 is 2.65 bits per heavy atom. The van der Waals surface area contributed by atoms with Crippen LogP contribution in [0.25, 0.3) is 6.08 Å². The Bertz CT molecular complexity index is 658. The normalized spacial score (nSPS) is 13.2. The van der Waals surface area contributed by atoms with Crippen LogP contribution in [-0.4, -0.2) is 12.3 Å². The summed E-state index contributed by atoms with van der Waals surface area (Å²) in [6.07, 6.45) is 4.19. The van der Waals surface area contributed by atoms with Gasteiger partial charge in [0.05, 0.1) is 0 Å². The van der Waals surface area contributed by atoms with Crippen LogP contribution in [0.2, 0.25) is 0 Å². The zero-order valence-corrected chi connectivity index (χ0v) is 11.5. The van der Waals surface area contributed by atoms with Crippen molar-refractivity contribution in [2.24, 2.45) is 0 Å². The zero-order valence-electron chi connectivity index (χ0n) is 11.5. The van der Waals surface area contributed by atoms with Crippen molar-refractivity contribution in [1.29, 1.82) is 0 Å². The third-order valence-corrected chi connectivity index (χ3v) is 3.63. The molecule has 1 aliphatic heterocycles. The van der Waals surface area contributed by atoms with Crippen LogP contribution >= 0.6 is 0 Å². The number of anilines is 1. The van der Waals surface area contributed by atoms with E-state index in [-0.39, 0.29) is 5.78 Å². The smallest absolute Gasteiger partial charge is 0.160 e. The van der Waals surface area contributed by atoms with Gasteiger partial charge >= 0.3 is 0 Å². The average Bonchev–Trinajstić information content (AvgIpc) is 2.48. The van der Waals surface area contributed by atoms with Gasteiger partial charge in [0.1, 0.15) is 0 Å². The molecular formula is C18H17NO. The van der Waals surface area contributed by atoms with Crippen molar-refractivity contribution in [3.8, 4) is 0 Å². The lowest BCUT2D eigenvalue weighted by atomic mass is 9.98. The number of nitrogens with zero attached hydrogens (tertiary/aromatic N) is 1. The number of benzene rings is 2. The number of carbonyl (C=O) groups is 1. The fourth-order valence-corrected chi connectivity index (χ4v) is 2.66. The summed E-state index contributed by atoms with van der Waals surface area (Å²) in [4.78, 5) is 14.0. The summed E-state index contributed by atoms with van der Waals surface area (Å²) in [6, 6.07) is 16.4. The van der Waals surface area contributed by atoms with Crippen molar-refractivity contribution < 1.29 is 4.79 Å². The van der Waals surface area contributed by atoms with E-state index in [1.54, 1.807) is 6.92 Å². The minimum absolute atomic E-state index is 0.119. The number of hydrogen-bond donors (Lipinski definition) is 0. The van der Waals surface area contributed by atoms with Crippen LogP contribution in [0.1, 0.15) is 28.4 Å². The summed E-state index contributed by atoms with van der Waals surface area (Å²) in [5.74, 6) is 0.119. The molecule has 0 aliphatic carbocycles. The minimum Gasteiger partial charge on any atom is -0.363 e. The first-order chi connectivity index (χ1) is 9.75. The molecule has 2 aromatic carbocycles. The van der Waals surface area contributed by atoms with Crippen molar-refractivity contribution in [1.82, 2.24) is 0 Å². The Labute approximate surface area is 119 Å². The molecule has 0 radical (unpaired) electrons. The van der Waals surface area contributed by atoms with Crippen molar-refractivity contribution >= 4 is 17.5 Å². The topological polar surface area (TPSA) is 20.3 Å². The molecule has 0 N–H and O–H groups in total. The van der Waals surface area contributed by atoms with E-state index in [1.165, 1.54) is 5.56 Å². The highest BCUT2D eigenvalue weighted by Crippen LogP contribution is 2.30. The summed E-state index contributed by atoms with van der Waals surface area (Å²) < 4.78 is 0. The van der Waals surface area contributed by atoms with Gasteiger partial charge in [-0.05, 0) is 18.6 Å². The summed E-state index contributed by atoms with van der Waals surface area (Å²) in [7, 11) is 0. The number of fused-ring (bicyclic) bond motifs is 1. The summed E-state index contributed by atoms with van der Waals surface area (Å²) in [5.41, 5.74) is 4.27. The quantitative estimate of drug-likeness (QED) is 0.782. The molecule has 20 heavy (non-hydrogen) atoms. The molecule has 0 unspecified atom stereocenters. The monoisotopic (exact) mass is 263 g/mol. The Balaban J connectivity index is 1.97. The molecule has 1 aliphatic rings. The van der Waals surface area contributed by atoms with Crippen LogP contribution in [0.3, 0.4) is 0 Å². The second-order valence-electron chi connectivity index (χ2n) is 5.06. The van der Waals surface area contributed by atoms with Gasteiger partial charge in [-0.15, -0.1) is 0 Å². The Morgan fingerprint density at radius 1 is 1.10 bits per heavy atom. The number of carbonyl (C=O) groups excluding carboxylic acids is 1. The van der Waals surface area contributed by atoms with Crippen LogP contribution in [-0.2, 0) is 6.54 Å². The molecule has 2 heteroatoms. The van der Waals surface area contributed by atoms with Gasteiger partial charge in [0.2, 0.25) is 0 Å². The largest absolute Gasteiger partial charge is 0.363 e. The molecule has 100 valence electrons. The number of Topliss-reactive ketones (excluding diaryl/α,β-unsaturated/α-hetero) is 1. The molecule has 0 saturated carbocycles. The van der Waals surface area contributed by atoms with Crippen LogP contribution < -0.4 is 4.90 Å². The first-order valence-corrected chi connectivity index (χ1v) is 6.85. The van der Waals surface area contributed by atoms with Crippen molar-refractivity contribution in [2.45, 2.75) is 13.5 Å². The van der Waals surface area contributed by atoms with E-state index in [4.69, 9.17) is 0 Å². The predicted octanol–water partition coefficient (Wildman–Crippen LogP) is 3.92. The maximum Gasteiger partial charge on any atom is 0.160 e. The van der Waals surface area contributed by atoms with Gasteiger partial charge in [0, 0.05) is 29.9 Å². The number of rotatable bonds is 3. The van der Waals surface area contributed by atoms with E-state index in [9.17, 15) is 4.79 Å². The van der Waals surface area contributed by atoms with Crippen molar-refractivity contribution in [3.63, 3.8) is 0 Å². The lowest BCUT2D eigenvalue weighted by molar-refractivity contribution is 0.101. The Kier molecular flexibility index (Phi) is 3.38. The molecular weight excluding hydrogens is 246 g/mol. The molecule has 3 rings (SSSR count). The Hall–Kier alpha value is -2.35. The van der Waals surface area contributed by atoms with Gasteiger partial charge in [-0.3, -0.25) is 4.79 Å². The number of ketones is 1. The van der Waals surface area contributed by atoms with Gasteiger partial charge in [-0.25, -0.2) is 0 Å². The van der Waals surface area contributed by atoms with E-state index in [2.05, 4.69) is 47.4 Å². The third-order valence-electron chi connectivity index (χ3n) is 3.63. The van der Waals surface area contributed by atoms with Crippen LogP contribution in [0, 0.1) is 0 Å². The molecule has 0 fully saturated rings. The highest BCUT2D eigenvalue weighted by atomic mass is 16.1. The molecule has 0 atom stereocenters. The van der Waals surface area contributed by atoms with Gasteiger partial charge in [-0.1, -0.05) is 54.6 Å². The van der Waals surface area contributed by atoms with Crippen LogP contribution in [0.15, 0.2) is 54.6 Å². The predicted molar refractivity (Wildman–Crippen MR) is 83.0 cm³/mol. The van der Waals surface area contributed by atoms with Gasteiger partial charge in [0.15, 0.2) is 5.78 Å². The second-order valence-corrected chi connectivity index (χ2v) is 5.06. The van der Waals surface area contributed by atoms with E-state index in [0.717, 1.165) is 29.9 Å². The molecule has 0 bridgehead atoms. The lowest BCUT2D eigenvalue weighted by Gasteiger charge is -2.29. The first-order valence-electron chi connectivity index (χ1n) is 6.85. The van der Waals surface area contributed by atoms with E-state index >= 15 is 0 Å². The minimum atomic E-state index is 0.119. The maximum atomic E-state index is 11.7. The van der Waals surface area contributed by atoms with Gasteiger partial charge in [0.25, 0.3) is 0 Å². The highest BCUT2D eigenvalue weighted by molar-refractivity contribution is 6.00. The van der Waals surface area contributed by atoms with E-state index < -0.39 is 0 Å².